The van der Waals surface area contributed by atoms with Crippen LogP contribution >= 0.6 is 23.4 Å². The molecule has 3 nitrogen and oxygen atoms in total. The first kappa shape index (κ1) is 14.6. The zero-order chi connectivity index (χ0) is 12.7. The number of hydrogen-bond acceptors (Lipinski definition) is 4. The van der Waals surface area contributed by atoms with Gasteiger partial charge in [0, 0.05) is 17.4 Å². The second-order valence-electron chi connectivity index (χ2n) is 4.00. The van der Waals surface area contributed by atoms with E-state index in [2.05, 4.69) is 35.4 Å². The highest BCUT2D eigenvalue weighted by Crippen LogP contribution is 2.21. The quantitative estimate of drug-likeness (QED) is 0.770. The molecule has 1 unspecified atom stereocenters. The number of nitrogens with one attached hydrogen (secondary N) is 1. The summed E-state index contributed by atoms with van der Waals surface area (Å²) in [5.41, 5.74) is 1.04. The van der Waals surface area contributed by atoms with Gasteiger partial charge in [0.1, 0.15) is 17.3 Å². The summed E-state index contributed by atoms with van der Waals surface area (Å²) in [7, 11) is 0. The molecule has 96 valence electrons. The molecule has 1 aromatic heterocycles. The summed E-state index contributed by atoms with van der Waals surface area (Å²) < 4.78 is 0. The van der Waals surface area contributed by atoms with Crippen LogP contribution in [0, 0.1) is 0 Å². The first-order valence-corrected chi connectivity index (χ1v) is 7.61. The maximum atomic E-state index is 6.08. The van der Waals surface area contributed by atoms with Crippen molar-refractivity contribution >= 4 is 29.2 Å². The molecule has 1 atom stereocenters. The molecule has 0 fully saturated rings. The lowest BCUT2D eigenvalue weighted by atomic mass is 10.2. The van der Waals surface area contributed by atoms with E-state index >= 15 is 0 Å². The third-order valence-electron chi connectivity index (χ3n) is 2.64. The molecular formula is C12H20ClN3S. The van der Waals surface area contributed by atoms with Gasteiger partial charge in [-0.15, -0.1) is 0 Å². The summed E-state index contributed by atoms with van der Waals surface area (Å²) in [6.45, 7) is 5.28. The number of aromatic nitrogens is 2. The van der Waals surface area contributed by atoms with Gasteiger partial charge in [-0.3, -0.25) is 0 Å². The molecule has 0 spiro atoms. The van der Waals surface area contributed by atoms with Crippen LogP contribution in [0.4, 0.5) is 5.82 Å². The lowest BCUT2D eigenvalue weighted by molar-refractivity contribution is 0.839. The summed E-state index contributed by atoms with van der Waals surface area (Å²) in [5.74, 6) is 0.889. The van der Waals surface area contributed by atoms with E-state index in [1.165, 1.54) is 6.33 Å². The normalized spacial score (nSPS) is 12.5. The van der Waals surface area contributed by atoms with Gasteiger partial charge in [0.25, 0.3) is 0 Å². The summed E-state index contributed by atoms with van der Waals surface area (Å²) >= 11 is 7.96. The fraction of sp³-hybridized carbons (Fsp3) is 0.667. The van der Waals surface area contributed by atoms with Crippen LogP contribution in [0.1, 0.15) is 32.3 Å². The molecule has 1 aromatic rings. The molecule has 17 heavy (non-hydrogen) atoms. The van der Waals surface area contributed by atoms with E-state index in [0.29, 0.717) is 10.4 Å². The molecule has 5 heteroatoms. The smallest absolute Gasteiger partial charge is 0.137 e. The Kier molecular flexibility index (Phi) is 6.66. The van der Waals surface area contributed by atoms with Crippen molar-refractivity contribution in [2.75, 3.05) is 18.1 Å². The molecule has 0 aliphatic heterocycles. The highest BCUT2D eigenvalue weighted by atomic mass is 35.5. The van der Waals surface area contributed by atoms with E-state index < -0.39 is 0 Å². The highest BCUT2D eigenvalue weighted by Gasteiger charge is 2.08. The first-order chi connectivity index (χ1) is 8.19. The number of hydrogen-bond donors (Lipinski definition) is 1. The Hall–Kier alpha value is -0.480. The zero-order valence-electron chi connectivity index (χ0n) is 10.7. The van der Waals surface area contributed by atoms with Crippen molar-refractivity contribution in [1.82, 2.24) is 9.97 Å². The Balaban J connectivity index is 2.60. The maximum absolute atomic E-state index is 6.08. The molecule has 0 aliphatic carbocycles. The van der Waals surface area contributed by atoms with Crippen molar-refractivity contribution < 1.29 is 0 Å². The van der Waals surface area contributed by atoms with E-state index in [0.717, 1.165) is 37.2 Å². The lowest BCUT2D eigenvalue weighted by Crippen LogP contribution is -2.11. The minimum absolute atomic E-state index is 0.572. The minimum atomic E-state index is 0.572. The molecule has 1 N–H and O–H groups in total. The van der Waals surface area contributed by atoms with Crippen molar-refractivity contribution in [2.24, 2.45) is 0 Å². The number of nitrogens with zero attached hydrogens (tertiary/aromatic N) is 2. The molecule has 1 rings (SSSR count). The molecule has 0 aromatic carbocycles. The Labute approximate surface area is 113 Å². The number of anilines is 1. The van der Waals surface area contributed by atoms with Gasteiger partial charge in [-0.2, -0.15) is 11.8 Å². The van der Waals surface area contributed by atoms with Gasteiger partial charge in [0.15, 0.2) is 0 Å². The van der Waals surface area contributed by atoms with Gasteiger partial charge in [-0.1, -0.05) is 31.9 Å². The fourth-order valence-electron chi connectivity index (χ4n) is 1.53. The third-order valence-corrected chi connectivity index (χ3v) is 4.00. The van der Waals surface area contributed by atoms with Crippen LogP contribution in [-0.2, 0) is 6.42 Å². The predicted octanol–water partition coefficient (Wildman–Crippen LogP) is 3.64. The van der Waals surface area contributed by atoms with Crippen LogP contribution < -0.4 is 5.32 Å². The second kappa shape index (κ2) is 7.77. The Bertz CT molecular complexity index is 347. The highest BCUT2D eigenvalue weighted by molar-refractivity contribution is 7.99. The van der Waals surface area contributed by atoms with E-state index in [1.807, 2.05) is 11.8 Å². The summed E-state index contributed by atoms with van der Waals surface area (Å²) in [6.07, 6.45) is 6.73. The standard InChI is InChI=1S/C12H20ClN3S/c1-4-5-10-11(13)15-8-16-12(10)14-7-6-9(2)17-3/h8-9H,4-7H2,1-3H3,(H,14,15,16). The van der Waals surface area contributed by atoms with Gasteiger partial charge >= 0.3 is 0 Å². The van der Waals surface area contributed by atoms with Crippen molar-refractivity contribution in [3.63, 3.8) is 0 Å². The molecular weight excluding hydrogens is 254 g/mol. The molecule has 0 amide bonds. The maximum Gasteiger partial charge on any atom is 0.137 e. The number of halogens is 1. The Morgan fingerprint density at radius 2 is 2.24 bits per heavy atom. The average molecular weight is 274 g/mol. The van der Waals surface area contributed by atoms with Crippen LogP contribution in [-0.4, -0.2) is 28.0 Å². The molecule has 0 saturated heterocycles. The third kappa shape index (κ3) is 4.72. The topological polar surface area (TPSA) is 37.8 Å². The lowest BCUT2D eigenvalue weighted by Gasteiger charge is -2.13. The van der Waals surface area contributed by atoms with Gasteiger partial charge < -0.3 is 5.32 Å². The summed E-state index contributed by atoms with van der Waals surface area (Å²) in [5, 5.41) is 4.59. The van der Waals surface area contributed by atoms with E-state index in [1.54, 1.807) is 0 Å². The SMILES string of the molecule is CCCc1c(Cl)ncnc1NCCC(C)SC. The monoisotopic (exact) mass is 273 g/mol. The zero-order valence-corrected chi connectivity index (χ0v) is 12.2. The van der Waals surface area contributed by atoms with E-state index in [4.69, 9.17) is 11.6 Å². The van der Waals surface area contributed by atoms with Crippen LogP contribution in [0.3, 0.4) is 0 Å². The van der Waals surface area contributed by atoms with Crippen molar-refractivity contribution in [3.05, 3.63) is 17.0 Å². The molecule has 0 radical (unpaired) electrons. The molecule has 0 aliphatic rings. The second-order valence-corrected chi connectivity index (χ2v) is 5.64. The van der Waals surface area contributed by atoms with Crippen LogP contribution in [0.25, 0.3) is 0 Å². The van der Waals surface area contributed by atoms with E-state index in [9.17, 15) is 0 Å². The first-order valence-electron chi connectivity index (χ1n) is 5.95. The molecule has 1 heterocycles. The summed E-state index contributed by atoms with van der Waals surface area (Å²) in [6, 6.07) is 0. The largest absolute Gasteiger partial charge is 0.370 e. The Morgan fingerprint density at radius 1 is 1.47 bits per heavy atom. The van der Waals surface area contributed by atoms with Crippen molar-refractivity contribution in [1.29, 1.82) is 0 Å². The fourth-order valence-corrected chi connectivity index (χ4v) is 2.11. The van der Waals surface area contributed by atoms with Gasteiger partial charge in [0.05, 0.1) is 0 Å². The van der Waals surface area contributed by atoms with Gasteiger partial charge in [-0.05, 0) is 19.1 Å². The van der Waals surface area contributed by atoms with E-state index in [-0.39, 0.29) is 0 Å². The molecule has 0 saturated carbocycles. The Morgan fingerprint density at radius 3 is 2.88 bits per heavy atom. The minimum Gasteiger partial charge on any atom is -0.370 e. The van der Waals surface area contributed by atoms with Crippen molar-refractivity contribution in [2.45, 2.75) is 38.4 Å². The van der Waals surface area contributed by atoms with Gasteiger partial charge in [0.2, 0.25) is 0 Å². The summed E-state index contributed by atoms with van der Waals surface area (Å²) in [4.78, 5) is 8.30. The van der Waals surface area contributed by atoms with Crippen molar-refractivity contribution in [3.8, 4) is 0 Å². The average Bonchev–Trinajstić information content (AvgIpc) is 2.33. The van der Waals surface area contributed by atoms with Crippen LogP contribution in [0.2, 0.25) is 5.15 Å². The van der Waals surface area contributed by atoms with Crippen LogP contribution in [0.5, 0.6) is 0 Å². The van der Waals surface area contributed by atoms with Gasteiger partial charge in [-0.25, -0.2) is 9.97 Å². The molecule has 0 bridgehead atoms. The predicted molar refractivity (Wildman–Crippen MR) is 77.1 cm³/mol. The number of thioether (sulfide) groups is 1. The number of rotatable bonds is 7. The van der Waals surface area contributed by atoms with Crippen LogP contribution in [0.15, 0.2) is 6.33 Å².